The Labute approximate surface area is 130 Å². The second kappa shape index (κ2) is 4.93. The highest BCUT2D eigenvalue weighted by atomic mass is 16.6. The molecule has 1 heterocycles. The van der Waals surface area contributed by atoms with E-state index in [0.29, 0.717) is 18.4 Å². The molecule has 1 saturated heterocycles. The highest BCUT2D eigenvalue weighted by Gasteiger charge is 2.63. The number of ketones is 1. The number of carbonyl (C=O) groups excluding carboxylic acids is 3. The fraction of sp³-hybridized carbons (Fsp3) is 0.706. The molecule has 2 saturated carbocycles. The van der Waals surface area contributed by atoms with Crippen LogP contribution < -0.4 is 0 Å². The average molecular weight is 306 g/mol. The van der Waals surface area contributed by atoms with E-state index in [2.05, 4.69) is 13.5 Å². The third-order valence-corrected chi connectivity index (χ3v) is 5.88. The summed E-state index contributed by atoms with van der Waals surface area (Å²) in [5, 5.41) is 0. The third kappa shape index (κ3) is 1.94. The quantitative estimate of drug-likeness (QED) is 0.548. The third-order valence-electron chi connectivity index (χ3n) is 5.88. The normalized spacial score (nSPS) is 44.1. The summed E-state index contributed by atoms with van der Waals surface area (Å²) in [6.07, 6.45) is 0.936. The van der Waals surface area contributed by atoms with E-state index in [4.69, 9.17) is 9.47 Å². The standard InChI is InChI=1S/C17H22O5/c1-8-7-12(21-10(3)18)14-9(2)16(20)22-15(14)17(4)11(8)5-6-13(17)19/h8,11-12,14-15H,2,5-7H2,1,3-4H3/t8-,11-,12-,14?,15+,17-/m0/s1. The predicted molar refractivity (Wildman–Crippen MR) is 77.7 cm³/mol. The number of carbonyl (C=O) groups is 3. The number of ether oxygens (including phenoxy) is 2. The second-order valence-corrected chi connectivity index (χ2v) is 7.09. The Kier molecular flexibility index (Phi) is 3.42. The van der Waals surface area contributed by atoms with E-state index < -0.39 is 29.5 Å². The molecule has 0 radical (unpaired) electrons. The van der Waals surface area contributed by atoms with Crippen LogP contribution in [0.25, 0.3) is 0 Å². The molecule has 6 atom stereocenters. The number of esters is 2. The zero-order valence-corrected chi connectivity index (χ0v) is 13.3. The molecule has 0 aromatic heterocycles. The minimum absolute atomic E-state index is 0.144. The van der Waals surface area contributed by atoms with Gasteiger partial charge in [0.1, 0.15) is 18.0 Å². The van der Waals surface area contributed by atoms with Crippen LogP contribution in [0.3, 0.4) is 0 Å². The van der Waals surface area contributed by atoms with Crippen molar-refractivity contribution in [1.82, 2.24) is 0 Å². The zero-order valence-electron chi connectivity index (χ0n) is 13.3. The van der Waals surface area contributed by atoms with E-state index in [1.165, 1.54) is 6.92 Å². The molecule has 0 bridgehead atoms. The van der Waals surface area contributed by atoms with Gasteiger partial charge in [0, 0.05) is 18.9 Å². The number of fused-ring (bicyclic) bond motifs is 3. The molecule has 5 nitrogen and oxygen atoms in total. The first-order chi connectivity index (χ1) is 10.3. The van der Waals surface area contributed by atoms with E-state index in [1.807, 2.05) is 6.92 Å². The maximum absolute atomic E-state index is 12.6. The largest absolute Gasteiger partial charge is 0.462 e. The van der Waals surface area contributed by atoms with Crippen LogP contribution in [0.1, 0.15) is 40.0 Å². The van der Waals surface area contributed by atoms with Crippen LogP contribution in [0.15, 0.2) is 12.2 Å². The number of hydrogen-bond acceptors (Lipinski definition) is 5. The van der Waals surface area contributed by atoms with Crippen LogP contribution in [-0.2, 0) is 23.9 Å². The summed E-state index contributed by atoms with van der Waals surface area (Å²) >= 11 is 0. The smallest absolute Gasteiger partial charge is 0.334 e. The Hall–Kier alpha value is -1.65. The number of hydrogen-bond donors (Lipinski definition) is 0. The lowest BCUT2D eigenvalue weighted by Gasteiger charge is -2.36. The van der Waals surface area contributed by atoms with Gasteiger partial charge in [0.25, 0.3) is 0 Å². The van der Waals surface area contributed by atoms with Crippen molar-refractivity contribution in [3.63, 3.8) is 0 Å². The molecule has 0 aromatic carbocycles. The molecular formula is C17H22O5. The monoisotopic (exact) mass is 306 g/mol. The summed E-state index contributed by atoms with van der Waals surface area (Å²) in [4.78, 5) is 36.1. The maximum atomic E-state index is 12.6. The molecular weight excluding hydrogens is 284 g/mol. The molecule has 1 aliphatic heterocycles. The Morgan fingerprint density at radius 2 is 2.09 bits per heavy atom. The van der Waals surface area contributed by atoms with E-state index in [9.17, 15) is 14.4 Å². The van der Waals surface area contributed by atoms with Gasteiger partial charge in [0.05, 0.1) is 11.3 Å². The molecule has 0 spiro atoms. The van der Waals surface area contributed by atoms with E-state index >= 15 is 0 Å². The van der Waals surface area contributed by atoms with Crippen LogP contribution >= 0.6 is 0 Å². The van der Waals surface area contributed by atoms with Crippen LogP contribution in [0.5, 0.6) is 0 Å². The Morgan fingerprint density at radius 1 is 1.41 bits per heavy atom. The summed E-state index contributed by atoms with van der Waals surface area (Å²) in [6, 6.07) is 0. The van der Waals surface area contributed by atoms with Gasteiger partial charge >= 0.3 is 11.9 Å². The first-order valence-electron chi connectivity index (χ1n) is 7.87. The molecule has 0 amide bonds. The van der Waals surface area contributed by atoms with Gasteiger partial charge in [0.15, 0.2) is 0 Å². The van der Waals surface area contributed by atoms with Gasteiger partial charge in [-0.3, -0.25) is 9.59 Å². The summed E-state index contributed by atoms with van der Waals surface area (Å²) in [5.74, 6) is -0.765. The molecule has 2 aliphatic carbocycles. The SMILES string of the molecule is C=C1C(=O)O[C@@H]2C1[C@@H](OC(C)=O)C[C@H](C)[C@@H]1CCC(=O)[C@@]21C. The van der Waals surface area contributed by atoms with Gasteiger partial charge in [0.2, 0.25) is 0 Å². The molecule has 22 heavy (non-hydrogen) atoms. The van der Waals surface area contributed by atoms with Crippen molar-refractivity contribution in [1.29, 1.82) is 0 Å². The first-order valence-corrected chi connectivity index (χ1v) is 7.87. The van der Waals surface area contributed by atoms with Gasteiger partial charge in [-0.2, -0.15) is 0 Å². The summed E-state index contributed by atoms with van der Waals surface area (Å²) < 4.78 is 11.0. The minimum atomic E-state index is -0.700. The van der Waals surface area contributed by atoms with Crippen molar-refractivity contribution in [3.05, 3.63) is 12.2 Å². The highest BCUT2D eigenvalue weighted by Crippen LogP contribution is 2.56. The summed E-state index contributed by atoms with van der Waals surface area (Å²) in [7, 11) is 0. The van der Waals surface area contributed by atoms with E-state index in [0.717, 1.165) is 6.42 Å². The molecule has 120 valence electrons. The van der Waals surface area contributed by atoms with Crippen molar-refractivity contribution >= 4 is 17.7 Å². The number of rotatable bonds is 1. The summed E-state index contributed by atoms with van der Waals surface area (Å²) in [6.45, 7) is 9.19. The molecule has 3 aliphatic rings. The molecule has 0 N–H and O–H groups in total. The van der Waals surface area contributed by atoms with Crippen molar-refractivity contribution in [2.24, 2.45) is 23.2 Å². The molecule has 0 aromatic rings. The Balaban J connectivity index is 2.08. The van der Waals surface area contributed by atoms with Gasteiger partial charge in [-0.15, -0.1) is 0 Å². The predicted octanol–water partition coefficient (Wildman–Crippen LogP) is 2.04. The van der Waals surface area contributed by atoms with Gasteiger partial charge in [-0.1, -0.05) is 13.5 Å². The fourth-order valence-electron chi connectivity index (χ4n) is 4.82. The lowest BCUT2D eigenvalue weighted by Crippen LogP contribution is -2.46. The van der Waals surface area contributed by atoms with Crippen LogP contribution in [0, 0.1) is 23.2 Å². The topological polar surface area (TPSA) is 69.7 Å². The maximum Gasteiger partial charge on any atom is 0.334 e. The van der Waals surface area contributed by atoms with E-state index in [1.54, 1.807) is 0 Å². The molecule has 3 rings (SSSR count). The van der Waals surface area contributed by atoms with Gasteiger partial charge in [-0.25, -0.2) is 4.79 Å². The zero-order chi connectivity index (χ0) is 16.2. The average Bonchev–Trinajstić information content (AvgIpc) is 2.86. The number of Topliss-reactive ketones (excluding diaryl/α,β-unsaturated/α-hetero) is 1. The Bertz CT molecular complexity index is 565. The van der Waals surface area contributed by atoms with Crippen molar-refractivity contribution < 1.29 is 23.9 Å². The molecule has 1 unspecified atom stereocenters. The Morgan fingerprint density at radius 3 is 2.73 bits per heavy atom. The minimum Gasteiger partial charge on any atom is -0.462 e. The van der Waals surface area contributed by atoms with Gasteiger partial charge in [-0.05, 0) is 31.6 Å². The second-order valence-electron chi connectivity index (χ2n) is 7.09. The van der Waals surface area contributed by atoms with Crippen molar-refractivity contribution in [3.8, 4) is 0 Å². The van der Waals surface area contributed by atoms with Crippen molar-refractivity contribution in [2.75, 3.05) is 0 Å². The van der Waals surface area contributed by atoms with Crippen molar-refractivity contribution in [2.45, 2.75) is 52.2 Å². The lowest BCUT2D eigenvalue weighted by molar-refractivity contribution is -0.154. The van der Waals surface area contributed by atoms with E-state index in [-0.39, 0.29) is 23.6 Å². The van der Waals surface area contributed by atoms with Crippen LogP contribution in [-0.4, -0.2) is 29.9 Å². The molecule has 5 heteroatoms. The summed E-state index contributed by atoms with van der Waals surface area (Å²) in [5.41, 5.74) is -0.376. The lowest BCUT2D eigenvalue weighted by atomic mass is 9.68. The van der Waals surface area contributed by atoms with Crippen LogP contribution in [0.4, 0.5) is 0 Å². The fourth-order valence-corrected chi connectivity index (χ4v) is 4.82. The van der Waals surface area contributed by atoms with Crippen LogP contribution in [0.2, 0.25) is 0 Å². The first kappa shape index (κ1) is 15.3. The van der Waals surface area contributed by atoms with Gasteiger partial charge < -0.3 is 9.47 Å². The highest BCUT2D eigenvalue weighted by molar-refractivity contribution is 5.94. The molecule has 3 fully saturated rings.